The zero-order valence-electron chi connectivity index (χ0n) is 12.9. The number of carbonyl (C=O) groups is 1. The number of carbonyl (C=O) groups excluding carboxylic acids is 1. The molecule has 1 aromatic carbocycles. The third kappa shape index (κ3) is 3.84. The van der Waals surface area contributed by atoms with Crippen molar-refractivity contribution in [1.29, 1.82) is 0 Å². The molecule has 1 aliphatic rings. The number of amides is 1. The van der Waals surface area contributed by atoms with Gasteiger partial charge in [0.05, 0.1) is 11.4 Å². The van der Waals surface area contributed by atoms with E-state index in [0.29, 0.717) is 16.0 Å². The van der Waals surface area contributed by atoms with Gasteiger partial charge < -0.3 is 16.4 Å². The number of rotatable bonds is 5. The lowest BCUT2D eigenvalue weighted by molar-refractivity contribution is 0.0963. The molecule has 1 amide bonds. The van der Waals surface area contributed by atoms with E-state index in [1.165, 1.54) is 32.1 Å². The van der Waals surface area contributed by atoms with E-state index in [4.69, 9.17) is 5.73 Å². The van der Waals surface area contributed by atoms with Gasteiger partial charge >= 0.3 is 0 Å². The maximum Gasteiger partial charge on any atom is 0.251 e. The van der Waals surface area contributed by atoms with Crippen LogP contribution in [0.2, 0.25) is 0 Å². The van der Waals surface area contributed by atoms with Crippen LogP contribution < -0.4 is 16.4 Å². The maximum absolute atomic E-state index is 11.7. The van der Waals surface area contributed by atoms with Crippen molar-refractivity contribution in [3.05, 3.63) is 23.8 Å². The Balaban J connectivity index is 2.09. The van der Waals surface area contributed by atoms with E-state index in [9.17, 15) is 4.79 Å². The van der Waals surface area contributed by atoms with Crippen molar-refractivity contribution >= 4 is 29.0 Å². The summed E-state index contributed by atoms with van der Waals surface area (Å²) in [5.74, 6) is -0.0877. The van der Waals surface area contributed by atoms with Crippen molar-refractivity contribution in [3.63, 3.8) is 0 Å². The number of hydrogen-bond acceptors (Lipinski definition) is 4. The van der Waals surface area contributed by atoms with E-state index in [1.807, 2.05) is 17.8 Å². The predicted octanol–water partition coefficient (Wildman–Crippen LogP) is 3.11. The van der Waals surface area contributed by atoms with Crippen LogP contribution in [0.15, 0.2) is 18.2 Å². The quantitative estimate of drug-likeness (QED) is 0.731. The molecule has 0 spiro atoms. The standard InChI is InChI=1S/C16H25N3OS/c1-18-15(20)12-6-7-13(17)14(10-12)19-11-16(21-2)8-4-3-5-9-16/h6-7,10,19H,3-5,8-9,11,17H2,1-2H3,(H,18,20). The summed E-state index contributed by atoms with van der Waals surface area (Å²) in [4.78, 5) is 11.7. The zero-order chi connectivity index (χ0) is 15.3. The molecule has 1 aliphatic carbocycles. The Morgan fingerprint density at radius 2 is 2.05 bits per heavy atom. The van der Waals surface area contributed by atoms with E-state index in [-0.39, 0.29) is 5.91 Å². The highest BCUT2D eigenvalue weighted by molar-refractivity contribution is 8.00. The molecule has 1 fully saturated rings. The topological polar surface area (TPSA) is 67.2 Å². The van der Waals surface area contributed by atoms with Gasteiger partial charge in [0.15, 0.2) is 0 Å². The fraction of sp³-hybridized carbons (Fsp3) is 0.562. The van der Waals surface area contributed by atoms with Crippen molar-refractivity contribution < 1.29 is 4.79 Å². The Morgan fingerprint density at radius 3 is 2.67 bits per heavy atom. The first-order chi connectivity index (χ1) is 10.1. The van der Waals surface area contributed by atoms with Crippen LogP contribution in [-0.4, -0.2) is 30.5 Å². The van der Waals surface area contributed by atoms with Gasteiger partial charge in [0.2, 0.25) is 0 Å². The molecule has 4 N–H and O–H groups in total. The molecule has 2 rings (SSSR count). The van der Waals surface area contributed by atoms with Gasteiger partial charge in [-0.1, -0.05) is 19.3 Å². The van der Waals surface area contributed by atoms with Crippen LogP contribution in [0.1, 0.15) is 42.5 Å². The molecular weight excluding hydrogens is 282 g/mol. The highest BCUT2D eigenvalue weighted by Gasteiger charge is 2.30. The second-order valence-electron chi connectivity index (χ2n) is 5.68. The summed E-state index contributed by atoms with van der Waals surface area (Å²) < 4.78 is 0.299. The van der Waals surface area contributed by atoms with Crippen molar-refractivity contribution in [2.45, 2.75) is 36.9 Å². The number of benzene rings is 1. The Labute approximate surface area is 131 Å². The lowest BCUT2D eigenvalue weighted by Crippen LogP contribution is -2.35. The largest absolute Gasteiger partial charge is 0.397 e. The van der Waals surface area contributed by atoms with E-state index in [1.54, 1.807) is 19.2 Å². The predicted molar refractivity (Wildman–Crippen MR) is 92.1 cm³/mol. The van der Waals surface area contributed by atoms with Crippen LogP contribution in [-0.2, 0) is 0 Å². The monoisotopic (exact) mass is 307 g/mol. The lowest BCUT2D eigenvalue weighted by Gasteiger charge is -2.36. The van der Waals surface area contributed by atoms with Crippen LogP contribution in [0.25, 0.3) is 0 Å². The molecule has 0 heterocycles. The number of anilines is 2. The minimum absolute atomic E-state index is 0.0877. The van der Waals surface area contributed by atoms with Crippen LogP contribution >= 0.6 is 11.8 Å². The number of nitrogens with one attached hydrogen (secondary N) is 2. The van der Waals surface area contributed by atoms with Gasteiger partial charge in [-0.3, -0.25) is 4.79 Å². The molecule has 116 valence electrons. The first kappa shape index (κ1) is 16.0. The zero-order valence-corrected chi connectivity index (χ0v) is 13.7. The highest BCUT2D eigenvalue weighted by atomic mass is 32.2. The Bertz CT molecular complexity index is 498. The van der Waals surface area contributed by atoms with E-state index in [0.717, 1.165) is 12.2 Å². The second-order valence-corrected chi connectivity index (χ2v) is 6.96. The Hall–Kier alpha value is -1.36. The third-order valence-corrected chi connectivity index (χ3v) is 5.76. The average Bonchev–Trinajstić information content (AvgIpc) is 2.54. The molecule has 0 unspecified atom stereocenters. The molecule has 0 aromatic heterocycles. The van der Waals surface area contributed by atoms with Gasteiger partial charge in [-0.15, -0.1) is 0 Å². The van der Waals surface area contributed by atoms with Gasteiger partial charge in [-0.2, -0.15) is 11.8 Å². The van der Waals surface area contributed by atoms with E-state index in [2.05, 4.69) is 16.9 Å². The minimum Gasteiger partial charge on any atom is -0.397 e. The summed E-state index contributed by atoms with van der Waals surface area (Å²) in [6.07, 6.45) is 8.63. The average molecular weight is 307 g/mol. The molecule has 0 radical (unpaired) electrons. The first-order valence-corrected chi connectivity index (χ1v) is 8.73. The van der Waals surface area contributed by atoms with Crippen molar-refractivity contribution in [2.24, 2.45) is 0 Å². The van der Waals surface area contributed by atoms with Crippen molar-refractivity contribution in [3.8, 4) is 0 Å². The first-order valence-electron chi connectivity index (χ1n) is 7.51. The fourth-order valence-electron chi connectivity index (χ4n) is 2.90. The van der Waals surface area contributed by atoms with Gasteiger partial charge in [0.1, 0.15) is 0 Å². The number of nitrogen functional groups attached to an aromatic ring is 1. The van der Waals surface area contributed by atoms with Gasteiger partial charge in [0.25, 0.3) is 5.91 Å². The summed E-state index contributed by atoms with van der Waals surface area (Å²) in [5.41, 5.74) is 8.21. The second kappa shape index (κ2) is 7.07. The van der Waals surface area contributed by atoms with Crippen LogP contribution in [0, 0.1) is 0 Å². The maximum atomic E-state index is 11.7. The summed E-state index contributed by atoms with van der Waals surface area (Å²) in [6.45, 7) is 0.898. The number of thioether (sulfide) groups is 1. The molecule has 0 atom stereocenters. The molecule has 0 saturated heterocycles. The molecule has 21 heavy (non-hydrogen) atoms. The number of nitrogens with two attached hydrogens (primary N) is 1. The molecule has 0 bridgehead atoms. The summed E-state index contributed by atoms with van der Waals surface area (Å²) in [6, 6.07) is 5.38. The van der Waals surface area contributed by atoms with Crippen LogP contribution in [0.3, 0.4) is 0 Å². The van der Waals surface area contributed by atoms with E-state index < -0.39 is 0 Å². The molecular formula is C16H25N3OS. The minimum atomic E-state index is -0.0877. The van der Waals surface area contributed by atoms with Gasteiger partial charge in [-0.05, 0) is 37.3 Å². The van der Waals surface area contributed by atoms with Crippen LogP contribution in [0.4, 0.5) is 11.4 Å². The Morgan fingerprint density at radius 1 is 1.33 bits per heavy atom. The van der Waals surface area contributed by atoms with Crippen molar-refractivity contribution in [2.75, 3.05) is 30.9 Å². The summed E-state index contributed by atoms with van der Waals surface area (Å²) in [5, 5.41) is 6.11. The molecule has 5 heteroatoms. The normalized spacial score (nSPS) is 17.2. The smallest absolute Gasteiger partial charge is 0.251 e. The molecule has 0 aliphatic heterocycles. The van der Waals surface area contributed by atoms with Crippen LogP contribution in [0.5, 0.6) is 0 Å². The molecule has 1 aromatic rings. The van der Waals surface area contributed by atoms with E-state index >= 15 is 0 Å². The third-order valence-electron chi connectivity index (χ3n) is 4.34. The van der Waals surface area contributed by atoms with Crippen molar-refractivity contribution in [1.82, 2.24) is 5.32 Å². The fourth-order valence-corrected chi connectivity index (χ4v) is 3.81. The lowest BCUT2D eigenvalue weighted by atomic mass is 9.88. The Kier molecular flexibility index (Phi) is 5.39. The van der Waals surface area contributed by atoms with Gasteiger partial charge in [0, 0.05) is 23.9 Å². The van der Waals surface area contributed by atoms with Gasteiger partial charge in [-0.25, -0.2) is 0 Å². The SMILES string of the molecule is CNC(=O)c1ccc(N)c(NCC2(SC)CCCCC2)c1. The highest BCUT2D eigenvalue weighted by Crippen LogP contribution is 2.39. The molecule has 1 saturated carbocycles. The summed E-state index contributed by atoms with van der Waals surface area (Å²) >= 11 is 1.95. The summed E-state index contributed by atoms with van der Waals surface area (Å²) in [7, 11) is 1.64. The molecule has 4 nitrogen and oxygen atoms in total. The number of hydrogen-bond donors (Lipinski definition) is 3.